The maximum Gasteiger partial charge on any atom is 0.314 e. The number of carbonyl (C=O) groups is 1. The van der Waals surface area contributed by atoms with E-state index in [-0.39, 0.29) is 11.6 Å². The van der Waals surface area contributed by atoms with Crippen LogP contribution in [0.15, 0.2) is 0 Å². The molecule has 1 fully saturated rings. The molecule has 0 aromatic heterocycles. The Morgan fingerprint density at radius 1 is 1.62 bits per heavy atom. The largest absolute Gasteiger partial charge is 0.351 e. The normalized spacial score (nSPS) is 23.6. The van der Waals surface area contributed by atoms with Crippen LogP contribution < -0.4 is 11.5 Å². The van der Waals surface area contributed by atoms with Gasteiger partial charge in [0.1, 0.15) is 0 Å². The van der Waals surface area contributed by atoms with E-state index in [4.69, 9.17) is 11.5 Å². The molecule has 1 unspecified atom stereocenters. The van der Waals surface area contributed by atoms with Crippen LogP contribution in [-0.2, 0) is 0 Å². The van der Waals surface area contributed by atoms with Crippen molar-refractivity contribution in [1.29, 1.82) is 0 Å². The van der Waals surface area contributed by atoms with Crippen molar-refractivity contribution in [2.75, 3.05) is 13.1 Å². The molecule has 1 rings (SSSR count). The molecule has 0 saturated carbocycles. The van der Waals surface area contributed by atoms with Gasteiger partial charge in [0, 0.05) is 18.6 Å². The molecule has 76 valence electrons. The van der Waals surface area contributed by atoms with Crippen molar-refractivity contribution in [1.82, 2.24) is 4.90 Å². The smallest absolute Gasteiger partial charge is 0.314 e. The molecule has 1 saturated heterocycles. The third-order valence-corrected chi connectivity index (χ3v) is 2.41. The number of likely N-dealkylation sites (tertiary alicyclic amines) is 1. The first-order chi connectivity index (χ1) is 5.88. The Labute approximate surface area is 79.3 Å². The minimum atomic E-state index is -0.308. The lowest BCUT2D eigenvalue weighted by Crippen LogP contribution is -2.37. The Balaban J connectivity index is 2.38. The fourth-order valence-corrected chi connectivity index (χ4v) is 1.94. The number of hydrogen-bond donors (Lipinski definition) is 2. The summed E-state index contributed by atoms with van der Waals surface area (Å²) in [6, 6.07) is -0.308. The molecule has 1 aliphatic rings. The second-order valence-corrected chi connectivity index (χ2v) is 4.63. The van der Waals surface area contributed by atoms with Crippen molar-refractivity contribution in [2.45, 2.75) is 32.2 Å². The molecule has 1 atom stereocenters. The number of primary amides is 1. The molecule has 0 aliphatic carbocycles. The molecular formula is C9H19N3O. The number of nitrogens with zero attached hydrogens (tertiary/aromatic N) is 1. The van der Waals surface area contributed by atoms with Gasteiger partial charge in [-0.3, -0.25) is 0 Å². The third-order valence-electron chi connectivity index (χ3n) is 2.41. The van der Waals surface area contributed by atoms with Crippen molar-refractivity contribution >= 4 is 6.03 Å². The number of nitrogens with two attached hydrogens (primary N) is 2. The summed E-state index contributed by atoms with van der Waals surface area (Å²) in [5, 5.41) is 0. The van der Waals surface area contributed by atoms with Crippen molar-refractivity contribution in [3.05, 3.63) is 0 Å². The maximum absolute atomic E-state index is 10.8. The highest BCUT2D eigenvalue weighted by molar-refractivity contribution is 5.72. The predicted octanol–water partition coefficient (Wildman–Crippen LogP) is 0.514. The zero-order chi connectivity index (χ0) is 10.1. The van der Waals surface area contributed by atoms with Gasteiger partial charge in [-0.1, -0.05) is 0 Å². The van der Waals surface area contributed by atoms with Crippen LogP contribution >= 0.6 is 0 Å². The predicted molar refractivity (Wildman–Crippen MR) is 52.1 cm³/mol. The van der Waals surface area contributed by atoms with Crippen LogP contribution in [0.25, 0.3) is 0 Å². The highest BCUT2D eigenvalue weighted by Crippen LogP contribution is 2.23. The molecule has 4 heteroatoms. The van der Waals surface area contributed by atoms with Gasteiger partial charge in [0.25, 0.3) is 0 Å². The molecule has 1 heterocycles. The quantitative estimate of drug-likeness (QED) is 0.658. The van der Waals surface area contributed by atoms with Gasteiger partial charge in [-0.05, 0) is 32.6 Å². The highest BCUT2D eigenvalue weighted by Gasteiger charge is 2.28. The van der Waals surface area contributed by atoms with Crippen LogP contribution in [0.3, 0.4) is 0 Å². The molecule has 0 bridgehead atoms. The van der Waals surface area contributed by atoms with Gasteiger partial charge in [0.2, 0.25) is 0 Å². The number of rotatable bonds is 2. The fraction of sp³-hybridized carbons (Fsp3) is 0.889. The zero-order valence-electron chi connectivity index (χ0n) is 8.42. The van der Waals surface area contributed by atoms with Gasteiger partial charge in [-0.15, -0.1) is 0 Å². The molecule has 0 spiro atoms. The molecule has 0 aromatic rings. The summed E-state index contributed by atoms with van der Waals surface area (Å²) >= 11 is 0. The Hall–Kier alpha value is -0.770. The van der Waals surface area contributed by atoms with Crippen LogP contribution in [0, 0.1) is 5.92 Å². The van der Waals surface area contributed by atoms with Crippen molar-refractivity contribution in [3.63, 3.8) is 0 Å². The van der Waals surface area contributed by atoms with E-state index < -0.39 is 0 Å². The molecular weight excluding hydrogens is 166 g/mol. The first-order valence-corrected chi connectivity index (χ1v) is 4.72. The van der Waals surface area contributed by atoms with E-state index in [0.717, 1.165) is 25.9 Å². The number of hydrogen-bond acceptors (Lipinski definition) is 2. The molecule has 2 amide bonds. The van der Waals surface area contributed by atoms with Gasteiger partial charge < -0.3 is 16.4 Å². The van der Waals surface area contributed by atoms with Crippen LogP contribution in [0.1, 0.15) is 26.7 Å². The maximum atomic E-state index is 10.8. The van der Waals surface area contributed by atoms with E-state index in [1.54, 1.807) is 4.90 Å². The first kappa shape index (κ1) is 10.3. The first-order valence-electron chi connectivity index (χ1n) is 4.72. The van der Waals surface area contributed by atoms with E-state index in [1.165, 1.54) is 0 Å². The summed E-state index contributed by atoms with van der Waals surface area (Å²) < 4.78 is 0. The summed E-state index contributed by atoms with van der Waals surface area (Å²) in [6.45, 7) is 5.59. The lowest BCUT2D eigenvalue weighted by molar-refractivity contribution is 0.215. The molecule has 4 N–H and O–H groups in total. The summed E-state index contributed by atoms with van der Waals surface area (Å²) in [5.74, 6) is 0.521. The molecule has 0 aromatic carbocycles. The van der Waals surface area contributed by atoms with Crippen molar-refractivity contribution in [3.8, 4) is 0 Å². The van der Waals surface area contributed by atoms with Crippen molar-refractivity contribution < 1.29 is 4.79 Å². The lowest BCUT2D eigenvalue weighted by Gasteiger charge is -2.22. The Bertz CT molecular complexity index is 198. The standard InChI is InChI=1S/C9H19N3O/c1-9(2,11)5-7-3-4-12(6-7)8(10)13/h7H,3-6,11H2,1-2H3,(H2,10,13). The zero-order valence-corrected chi connectivity index (χ0v) is 8.42. The highest BCUT2D eigenvalue weighted by atomic mass is 16.2. The minimum Gasteiger partial charge on any atom is -0.351 e. The van der Waals surface area contributed by atoms with E-state index in [2.05, 4.69) is 0 Å². The SMILES string of the molecule is CC(C)(N)CC1CCN(C(N)=O)C1. The molecule has 1 aliphatic heterocycles. The summed E-state index contributed by atoms with van der Waals surface area (Å²) in [6.07, 6.45) is 1.99. The summed E-state index contributed by atoms with van der Waals surface area (Å²) in [4.78, 5) is 12.5. The fourth-order valence-electron chi connectivity index (χ4n) is 1.94. The van der Waals surface area contributed by atoms with Gasteiger partial charge in [-0.25, -0.2) is 4.79 Å². The molecule has 0 radical (unpaired) electrons. The average molecular weight is 185 g/mol. The second-order valence-electron chi connectivity index (χ2n) is 4.63. The van der Waals surface area contributed by atoms with Crippen LogP contribution in [0.4, 0.5) is 4.79 Å². The van der Waals surface area contributed by atoms with Gasteiger partial charge in [-0.2, -0.15) is 0 Å². The minimum absolute atomic E-state index is 0.141. The number of amides is 2. The topological polar surface area (TPSA) is 72.3 Å². The van der Waals surface area contributed by atoms with Crippen LogP contribution in [0.2, 0.25) is 0 Å². The summed E-state index contributed by atoms with van der Waals surface area (Å²) in [7, 11) is 0. The second kappa shape index (κ2) is 3.54. The van der Waals surface area contributed by atoms with E-state index in [1.807, 2.05) is 13.8 Å². The van der Waals surface area contributed by atoms with Crippen LogP contribution in [-0.4, -0.2) is 29.6 Å². The monoisotopic (exact) mass is 185 g/mol. The lowest BCUT2D eigenvalue weighted by atomic mass is 9.91. The van der Waals surface area contributed by atoms with Crippen molar-refractivity contribution in [2.24, 2.45) is 17.4 Å². The number of urea groups is 1. The molecule has 13 heavy (non-hydrogen) atoms. The Morgan fingerprint density at radius 2 is 2.23 bits per heavy atom. The Morgan fingerprint density at radius 3 is 2.62 bits per heavy atom. The van der Waals surface area contributed by atoms with E-state index in [9.17, 15) is 4.79 Å². The average Bonchev–Trinajstić information content (AvgIpc) is 2.31. The number of carbonyl (C=O) groups excluding carboxylic acids is 1. The van der Waals surface area contributed by atoms with Gasteiger partial charge in [0.15, 0.2) is 0 Å². The molecule has 4 nitrogen and oxygen atoms in total. The summed E-state index contributed by atoms with van der Waals surface area (Å²) in [5.41, 5.74) is 10.9. The van der Waals surface area contributed by atoms with Gasteiger partial charge >= 0.3 is 6.03 Å². The van der Waals surface area contributed by atoms with Crippen LogP contribution in [0.5, 0.6) is 0 Å². The Kier molecular flexibility index (Phi) is 2.81. The van der Waals surface area contributed by atoms with E-state index >= 15 is 0 Å². The van der Waals surface area contributed by atoms with Gasteiger partial charge in [0.05, 0.1) is 0 Å². The third kappa shape index (κ3) is 3.22. The van der Waals surface area contributed by atoms with E-state index in [0.29, 0.717) is 5.92 Å².